The van der Waals surface area contributed by atoms with Crippen molar-refractivity contribution >= 4 is 16.3 Å². The van der Waals surface area contributed by atoms with E-state index < -0.39 is 34.2 Å². The van der Waals surface area contributed by atoms with Gasteiger partial charge < -0.3 is 9.47 Å². The minimum Gasteiger partial charge on any atom is -0.453 e. The van der Waals surface area contributed by atoms with Gasteiger partial charge in [0.05, 0.1) is 38.3 Å². The lowest BCUT2D eigenvalue weighted by atomic mass is 9.86. The van der Waals surface area contributed by atoms with Gasteiger partial charge in [0.25, 0.3) is 10.2 Å². The Labute approximate surface area is 199 Å². The summed E-state index contributed by atoms with van der Waals surface area (Å²) >= 11 is 0. The molecule has 0 unspecified atom stereocenters. The van der Waals surface area contributed by atoms with Crippen molar-refractivity contribution in [3.8, 4) is 0 Å². The van der Waals surface area contributed by atoms with Crippen molar-refractivity contribution in [2.24, 2.45) is 5.92 Å². The van der Waals surface area contributed by atoms with E-state index in [1.54, 1.807) is 4.90 Å². The lowest BCUT2D eigenvalue weighted by Gasteiger charge is -2.34. The van der Waals surface area contributed by atoms with Crippen LogP contribution in [-0.2, 0) is 25.1 Å². The molecule has 1 amide bonds. The molecule has 188 valence electrons. The van der Waals surface area contributed by atoms with Gasteiger partial charge in [-0.25, -0.2) is 19.2 Å². The lowest BCUT2D eigenvalue weighted by molar-refractivity contribution is -0.0104. The highest BCUT2D eigenvalue weighted by atomic mass is 32.2. The van der Waals surface area contributed by atoms with E-state index in [9.17, 15) is 17.6 Å². The highest BCUT2D eigenvalue weighted by Crippen LogP contribution is 2.61. The summed E-state index contributed by atoms with van der Waals surface area (Å²) in [7, 11) is -2.27. The number of ether oxygens (including phenoxy) is 2. The van der Waals surface area contributed by atoms with Gasteiger partial charge in [-0.1, -0.05) is 0 Å². The average Bonchev–Trinajstić information content (AvgIpc) is 3.41. The fraction of sp³-hybridized carbons (Fsp3) is 0.773. The number of amides is 1. The molecule has 0 spiro atoms. The van der Waals surface area contributed by atoms with Crippen molar-refractivity contribution < 1.29 is 27.1 Å². The minimum absolute atomic E-state index is 0.00381. The number of methoxy groups -OCH3 is 1. The number of carbonyl (C=O) groups is 1. The van der Waals surface area contributed by atoms with Crippen LogP contribution >= 0.6 is 0 Å². The third kappa shape index (κ3) is 4.29. The van der Waals surface area contributed by atoms with Crippen LogP contribution in [0.3, 0.4) is 0 Å². The van der Waals surface area contributed by atoms with Gasteiger partial charge in [-0.2, -0.15) is 17.4 Å². The molecule has 2 aliphatic carbocycles. The minimum atomic E-state index is -3.60. The third-order valence-corrected chi connectivity index (χ3v) is 9.64. The molecule has 0 aromatic carbocycles. The molecule has 3 heterocycles. The third-order valence-electron chi connectivity index (χ3n) is 7.99. The van der Waals surface area contributed by atoms with Crippen LogP contribution in [0.5, 0.6) is 0 Å². The Bertz CT molecular complexity index is 1020. The molecule has 4 aliphatic rings. The highest BCUT2D eigenvalue weighted by molar-refractivity contribution is 7.87. The molecular weight excluding hydrogens is 465 g/mol. The van der Waals surface area contributed by atoms with Gasteiger partial charge in [-0.15, -0.1) is 0 Å². The number of rotatable bonds is 7. The maximum Gasteiger partial charge on any atom is 0.410 e. The summed E-state index contributed by atoms with van der Waals surface area (Å²) in [4.78, 5) is 22.5. The van der Waals surface area contributed by atoms with Crippen LogP contribution in [0.4, 0.5) is 9.18 Å². The Morgan fingerprint density at radius 1 is 1.29 bits per heavy atom. The number of likely N-dealkylation sites (tertiary alicyclic amines) is 1. The summed E-state index contributed by atoms with van der Waals surface area (Å²) in [6.07, 6.45) is 6.79. The van der Waals surface area contributed by atoms with E-state index >= 15 is 0 Å². The van der Waals surface area contributed by atoms with Crippen LogP contribution in [0.15, 0.2) is 12.4 Å². The summed E-state index contributed by atoms with van der Waals surface area (Å²) in [5.74, 6) is 0.658. The van der Waals surface area contributed by atoms with Gasteiger partial charge in [-0.05, 0) is 51.4 Å². The number of halogens is 1. The molecule has 2 saturated heterocycles. The number of hydrogen-bond donors (Lipinski definition) is 1. The maximum absolute atomic E-state index is 13.2. The molecule has 4 fully saturated rings. The maximum atomic E-state index is 13.2. The molecule has 5 rings (SSSR count). The number of nitrogens with one attached hydrogen (secondary N) is 1. The van der Waals surface area contributed by atoms with Gasteiger partial charge in [0, 0.05) is 30.6 Å². The smallest absolute Gasteiger partial charge is 0.410 e. The van der Waals surface area contributed by atoms with Gasteiger partial charge in [0.15, 0.2) is 5.82 Å². The molecule has 1 N–H and O–H groups in total. The molecule has 1 aromatic heterocycles. The van der Waals surface area contributed by atoms with E-state index in [-0.39, 0.29) is 24.2 Å². The molecule has 0 bridgehead atoms. The standard InChI is InChI=1S/C22H32FN5O5S/c1-14-8-18(26-34(30,31)27-6-3-7-27)19(28(14)21(29)32-2)13-33-17-4-5-22(10-15(22)9-17)20-24-11-16(23)12-25-20/h11-12,14-15,17-19,26H,3-10,13H2,1-2H3/t14-,15-,17+,18+,19+,22-/m1/s1. The summed E-state index contributed by atoms with van der Waals surface area (Å²) in [5, 5.41) is 0. The van der Waals surface area contributed by atoms with E-state index in [1.165, 1.54) is 23.8 Å². The van der Waals surface area contributed by atoms with Gasteiger partial charge in [0.2, 0.25) is 0 Å². The quantitative estimate of drug-likeness (QED) is 0.608. The van der Waals surface area contributed by atoms with Crippen molar-refractivity contribution in [3.63, 3.8) is 0 Å². The first-order chi connectivity index (χ1) is 16.2. The van der Waals surface area contributed by atoms with Crippen LogP contribution < -0.4 is 4.72 Å². The average molecular weight is 498 g/mol. The number of nitrogens with zero attached hydrogens (tertiary/aromatic N) is 4. The highest BCUT2D eigenvalue weighted by Gasteiger charge is 2.60. The largest absolute Gasteiger partial charge is 0.453 e. The Hall–Kier alpha value is -1.89. The van der Waals surface area contributed by atoms with Crippen LogP contribution in [0.1, 0.15) is 51.3 Å². The number of aromatic nitrogens is 2. The summed E-state index contributed by atoms with van der Waals surface area (Å²) in [6.45, 7) is 3.15. The van der Waals surface area contributed by atoms with Crippen molar-refractivity contribution in [1.29, 1.82) is 0 Å². The first-order valence-electron chi connectivity index (χ1n) is 12.0. The molecule has 34 heavy (non-hydrogen) atoms. The second kappa shape index (κ2) is 8.96. The molecule has 10 nitrogen and oxygen atoms in total. The van der Waals surface area contributed by atoms with Gasteiger partial charge in [0.1, 0.15) is 5.82 Å². The number of fused-ring (bicyclic) bond motifs is 1. The second-order valence-electron chi connectivity index (χ2n) is 10.0. The zero-order valence-electron chi connectivity index (χ0n) is 19.5. The Balaban J connectivity index is 1.23. The monoisotopic (exact) mass is 497 g/mol. The SMILES string of the molecule is COC(=O)N1[C@H](C)C[C@H](NS(=O)(=O)N2CCC2)[C@@H]1CO[C@H]1CC[C@@]2(c3ncc(F)cn3)C[C@H]2C1. The van der Waals surface area contributed by atoms with E-state index in [1.807, 2.05) is 6.92 Å². The van der Waals surface area contributed by atoms with Crippen LogP contribution in [0.25, 0.3) is 0 Å². The van der Waals surface area contributed by atoms with Crippen molar-refractivity contribution in [3.05, 3.63) is 24.0 Å². The van der Waals surface area contributed by atoms with E-state index in [0.29, 0.717) is 31.3 Å². The first kappa shape index (κ1) is 23.8. The molecule has 2 aliphatic heterocycles. The Morgan fingerprint density at radius 2 is 2.03 bits per heavy atom. The predicted molar refractivity (Wildman–Crippen MR) is 120 cm³/mol. The fourth-order valence-electron chi connectivity index (χ4n) is 5.89. The summed E-state index contributed by atoms with van der Waals surface area (Å²) in [6, 6.07) is -1.08. The van der Waals surface area contributed by atoms with Crippen molar-refractivity contribution in [2.45, 2.75) is 75.1 Å². The summed E-state index contributed by atoms with van der Waals surface area (Å²) in [5.41, 5.74) is -0.0805. The Kier molecular flexibility index (Phi) is 6.28. The van der Waals surface area contributed by atoms with E-state index in [4.69, 9.17) is 9.47 Å². The molecule has 0 radical (unpaired) electrons. The molecule has 1 aromatic rings. The van der Waals surface area contributed by atoms with Gasteiger partial charge >= 0.3 is 6.09 Å². The van der Waals surface area contributed by atoms with Crippen molar-refractivity contribution in [1.82, 2.24) is 23.9 Å². The lowest BCUT2D eigenvalue weighted by Crippen LogP contribution is -2.55. The molecule has 2 saturated carbocycles. The van der Waals surface area contributed by atoms with Crippen LogP contribution in [-0.4, -0.2) is 84.7 Å². The molecule has 6 atom stereocenters. The zero-order valence-corrected chi connectivity index (χ0v) is 20.3. The Morgan fingerprint density at radius 3 is 2.65 bits per heavy atom. The van der Waals surface area contributed by atoms with Gasteiger partial charge in [-0.3, -0.25) is 4.90 Å². The van der Waals surface area contributed by atoms with E-state index in [0.717, 1.165) is 32.1 Å². The first-order valence-corrected chi connectivity index (χ1v) is 13.4. The predicted octanol–water partition coefficient (Wildman–Crippen LogP) is 1.58. The fourth-order valence-corrected chi connectivity index (χ4v) is 7.41. The topological polar surface area (TPSA) is 114 Å². The van der Waals surface area contributed by atoms with Crippen molar-refractivity contribution in [2.75, 3.05) is 26.8 Å². The molecular formula is C22H32FN5O5S. The number of hydrogen-bond acceptors (Lipinski definition) is 7. The second-order valence-corrected chi connectivity index (χ2v) is 11.7. The number of carbonyl (C=O) groups excluding carboxylic acids is 1. The molecule has 12 heteroatoms. The zero-order chi connectivity index (χ0) is 24.1. The normalized spacial score (nSPS) is 35.5. The summed E-state index contributed by atoms with van der Waals surface area (Å²) < 4.78 is 54.1. The van der Waals surface area contributed by atoms with Crippen LogP contribution in [0, 0.1) is 11.7 Å². The van der Waals surface area contributed by atoms with Crippen LogP contribution in [0.2, 0.25) is 0 Å². The van der Waals surface area contributed by atoms with E-state index in [2.05, 4.69) is 14.7 Å².